The maximum absolute atomic E-state index is 12.6. The number of hydrogen-bond acceptors (Lipinski definition) is 8. The van der Waals surface area contributed by atoms with Gasteiger partial charge in [0, 0.05) is 19.4 Å². The number of ether oxygens (including phenoxy) is 2. The summed E-state index contributed by atoms with van der Waals surface area (Å²) in [7, 11) is -4.37. The smallest absolute Gasteiger partial charge is 0.462 e. The van der Waals surface area contributed by atoms with Crippen LogP contribution in [0.25, 0.3) is 0 Å². The summed E-state index contributed by atoms with van der Waals surface area (Å²) in [4.78, 5) is 34.8. The van der Waals surface area contributed by atoms with Crippen LogP contribution in [0.4, 0.5) is 0 Å². The largest absolute Gasteiger partial charge is 0.472 e. The SMILES string of the molecule is CCCCCCCC/C=C/CCCCCC(=O)OC[C@H](COP(=O)(O)OCCN)OC(=O)CCCCCCCCCCCCCCCCCCCC. The molecule has 0 aliphatic rings. The highest BCUT2D eigenvalue weighted by atomic mass is 31.2. The Morgan fingerprint density at radius 2 is 0.942 bits per heavy atom. The van der Waals surface area contributed by atoms with Crippen molar-refractivity contribution < 1.29 is 37.6 Å². The number of rotatable bonds is 41. The van der Waals surface area contributed by atoms with Gasteiger partial charge in [-0.15, -0.1) is 0 Å². The summed E-state index contributed by atoms with van der Waals surface area (Å²) in [5.74, 6) is -0.837. The number of unbranched alkanes of at least 4 members (excludes halogenated alkanes) is 26. The van der Waals surface area contributed by atoms with Gasteiger partial charge in [-0.05, 0) is 38.5 Å². The number of phosphoric ester groups is 1. The molecule has 0 rings (SSSR count). The fourth-order valence-corrected chi connectivity index (χ4v) is 6.92. The molecule has 0 aromatic carbocycles. The molecule has 0 heterocycles. The van der Waals surface area contributed by atoms with E-state index in [1.165, 1.54) is 135 Å². The average Bonchev–Trinajstić information content (AvgIpc) is 3.13. The number of phosphoric acid groups is 1. The van der Waals surface area contributed by atoms with Crippen LogP contribution in [-0.2, 0) is 32.7 Å². The fraction of sp³-hybridized carbons (Fsp3) is 0.905. The third kappa shape index (κ3) is 38.5. The van der Waals surface area contributed by atoms with E-state index in [1.807, 2.05) is 0 Å². The number of allylic oxidation sites excluding steroid dienone is 2. The van der Waals surface area contributed by atoms with E-state index in [0.29, 0.717) is 12.8 Å². The summed E-state index contributed by atoms with van der Waals surface area (Å²) in [6.07, 6.45) is 39.6. The Bertz CT molecular complexity index is 871. The van der Waals surface area contributed by atoms with E-state index in [2.05, 4.69) is 26.0 Å². The van der Waals surface area contributed by atoms with Gasteiger partial charge in [-0.25, -0.2) is 4.57 Å². The van der Waals surface area contributed by atoms with Gasteiger partial charge in [0.15, 0.2) is 6.10 Å². The van der Waals surface area contributed by atoms with E-state index >= 15 is 0 Å². The van der Waals surface area contributed by atoms with Gasteiger partial charge in [-0.3, -0.25) is 18.6 Å². The molecule has 0 amide bonds. The number of carbonyl (C=O) groups excluding carboxylic acids is 2. The molecule has 9 nitrogen and oxygen atoms in total. The number of hydrogen-bond donors (Lipinski definition) is 2. The van der Waals surface area contributed by atoms with Crippen molar-refractivity contribution >= 4 is 19.8 Å². The van der Waals surface area contributed by atoms with Crippen molar-refractivity contribution in [3.8, 4) is 0 Å². The molecule has 0 aromatic heterocycles. The Labute approximate surface area is 319 Å². The second-order valence-electron chi connectivity index (χ2n) is 14.6. The van der Waals surface area contributed by atoms with E-state index in [1.54, 1.807) is 0 Å². The fourth-order valence-electron chi connectivity index (χ4n) is 6.16. The summed E-state index contributed by atoms with van der Waals surface area (Å²) in [6, 6.07) is 0. The normalized spacial score (nSPS) is 13.4. The van der Waals surface area contributed by atoms with Crippen LogP contribution in [0.15, 0.2) is 12.2 Å². The molecule has 0 bridgehead atoms. The zero-order valence-corrected chi connectivity index (χ0v) is 34.7. The van der Waals surface area contributed by atoms with Crippen molar-refractivity contribution in [2.45, 2.75) is 219 Å². The summed E-state index contributed by atoms with van der Waals surface area (Å²) < 4.78 is 32.7. The molecule has 52 heavy (non-hydrogen) atoms. The first kappa shape index (κ1) is 50.8. The highest BCUT2D eigenvalue weighted by Crippen LogP contribution is 2.43. The van der Waals surface area contributed by atoms with E-state index in [-0.39, 0.29) is 32.6 Å². The molecule has 0 spiro atoms. The van der Waals surface area contributed by atoms with Crippen molar-refractivity contribution in [1.82, 2.24) is 0 Å². The van der Waals surface area contributed by atoms with Crippen LogP contribution in [-0.4, -0.2) is 49.3 Å². The van der Waals surface area contributed by atoms with Gasteiger partial charge < -0.3 is 20.1 Å². The summed E-state index contributed by atoms with van der Waals surface area (Å²) in [5.41, 5.74) is 5.34. The minimum Gasteiger partial charge on any atom is -0.462 e. The third-order valence-electron chi connectivity index (χ3n) is 9.40. The van der Waals surface area contributed by atoms with Gasteiger partial charge in [0.25, 0.3) is 0 Å². The maximum Gasteiger partial charge on any atom is 0.472 e. The van der Waals surface area contributed by atoms with Gasteiger partial charge in [-0.1, -0.05) is 174 Å². The molecular weight excluding hydrogens is 677 g/mol. The summed E-state index contributed by atoms with van der Waals surface area (Å²) in [5, 5.41) is 0. The van der Waals surface area contributed by atoms with Crippen LogP contribution in [0, 0.1) is 0 Å². The molecule has 0 aromatic rings. The topological polar surface area (TPSA) is 134 Å². The Morgan fingerprint density at radius 1 is 0.558 bits per heavy atom. The van der Waals surface area contributed by atoms with Crippen LogP contribution in [0.5, 0.6) is 0 Å². The molecular formula is C42H82NO8P. The van der Waals surface area contributed by atoms with E-state index in [4.69, 9.17) is 24.3 Å². The Hall–Kier alpha value is -1.25. The summed E-state index contributed by atoms with van der Waals surface area (Å²) in [6.45, 7) is 3.73. The molecule has 0 radical (unpaired) electrons. The molecule has 0 aliphatic heterocycles. The second-order valence-corrected chi connectivity index (χ2v) is 16.0. The Morgan fingerprint density at radius 3 is 1.38 bits per heavy atom. The lowest BCUT2D eigenvalue weighted by atomic mass is 10.0. The molecule has 2 atom stereocenters. The Balaban J connectivity index is 4.12. The van der Waals surface area contributed by atoms with Crippen LogP contribution < -0.4 is 5.73 Å². The quantitative estimate of drug-likeness (QED) is 0.0270. The lowest BCUT2D eigenvalue weighted by Gasteiger charge is -2.19. The molecule has 0 saturated heterocycles. The number of esters is 2. The molecule has 10 heteroatoms. The standard InChI is InChI=1S/C42H82NO8P/c1-3-5-7-9-11-13-15-17-18-19-20-21-23-25-27-29-31-33-35-42(45)51-40(39-50-52(46,47)49-37-36-43)38-48-41(44)34-32-30-28-26-24-22-16-14-12-10-8-6-4-2/h22,24,40H,3-21,23,25-39,43H2,1-2H3,(H,46,47)/b24-22+/t40-/m1/s1. The van der Waals surface area contributed by atoms with Crippen molar-refractivity contribution in [1.29, 1.82) is 0 Å². The monoisotopic (exact) mass is 760 g/mol. The van der Waals surface area contributed by atoms with Gasteiger partial charge >= 0.3 is 19.8 Å². The van der Waals surface area contributed by atoms with Crippen LogP contribution >= 0.6 is 7.82 Å². The highest BCUT2D eigenvalue weighted by molar-refractivity contribution is 7.47. The number of carbonyl (C=O) groups is 2. The first-order chi connectivity index (χ1) is 25.3. The van der Waals surface area contributed by atoms with Crippen molar-refractivity contribution in [2.24, 2.45) is 5.73 Å². The summed E-state index contributed by atoms with van der Waals surface area (Å²) >= 11 is 0. The first-order valence-corrected chi connectivity index (χ1v) is 23.2. The molecule has 1 unspecified atom stereocenters. The van der Waals surface area contributed by atoms with Crippen LogP contribution in [0.2, 0.25) is 0 Å². The molecule has 0 saturated carbocycles. The van der Waals surface area contributed by atoms with E-state index < -0.39 is 32.5 Å². The zero-order valence-electron chi connectivity index (χ0n) is 33.8. The Kier molecular flexibility index (Phi) is 38.5. The lowest BCUT2D eigenvalue weighted by molar-refractivity contribution is -0.161. The van der Waals surface area contributed by atoms with Gasteiger partial charge in [0.2, 0.25) is 0 Å². The first-order valence-electron chi connectivity index (χ1n) is 21.7. The third-order valence-corrected chi connectivity index (χ3v) is 10.4. The number of nitrogens with two attached hydrogens (primary N) is 1. The van der Waals surface area contributed by atoms with E-state index in [0.717, 1.165) is 38.5 Å². The van der Waals surface area contributed by atoms with Crippen molar-refractivity contribution in [2.75, 3.05) is 26.4 Å². The van der Waals surface area contributed by atoms with Gasteiger partial charge in [-0.2, -0.15) is 0 Å². The maximum atomic E-state index is 12.6. The zero-order chi connectivity index (χ0) is 38.2. The lowest BCUT2D eigenvalue weighted by Crippen LogP contribution is -2.29. The molecule has 3 N–H and O–H groups in total. The van der Waals surface area contributed by atoms with Crippen molar-refractivity contribution in [3.63, 3.8) is 0 Å². The highest BCUT2D eigenvalue weighted by Gasteiger charge is 2.26. The van der Waals surface area contributed by atoms with Gasteiger partial charge in [0.05, 0.1) is 13.2 Å². The minimum absolute atomic E-state index is 0.0544. The van der Waals surface area contributed by atoms with Gasteiger partial charge in [0.1, 0.15) is 6.61 Å². The molecule has 308 valence electrons. The van der Waals surface area contributed by atoms with Crippen LogP contribution in [0.1, 0.15) is 213 Å². The second kappa shape index (κ2) is 39.4. The molecule has 0 aliphatic carbocycles. The van der Waals surface area contributed by atoms with Crippen molar-refractivity contribution in [3.05, 3.63) is 12.2 Å². The van der Waals surface area contributed by atoms with E-state index in [9.17, 15) is 19.0 Å². The average molecular weight is 760 g/mol. The van der Waals surface area contributed by atoms with Crippen LogP contribution in [0.3, 0.4) is 0 Å². The predicted molar refractivity (Wildman–Crippen MR) is 215 cm³/mol. The predicted octanol–water partition coefficient (Wildman–Crippen LogP) is 12.2. The molecule has 0 fully saturated rings. The minimum atomic E-state index is -4.37.